The van der Waals surface area contributed by atoms with Crippen molar-refractivity contribution in [1.29, 1.82) is 0 Å². The third-order valence-corrected chi connectivity index (χ3v) is 4.65. The van der Waals surface area contributed by atoms with E-state index in [2.05, 4.69) is 4.98 Å². The Morgan fingerprint density at radius 2 is 1.96 bits per heavy atom. The summed E-state index contributed by atoms with van der Waals surface area (Å²) in [5, 5.41) is 13.1. The zero-order chi connectivity index (χ0) is 16.9. The van der Waals surface area contributed by atoms with Crippen molar-refractivity contribution in [3.8, 4) is 5.75 Å². The van der Waals surface area contributed by atoms with Crippen LogP contribution in [-0.2, 0) is 6.61 Å². The van der Waals surface area contributed by atoms with E-state index in [1.165, 1.54) is 29.9 Å². The quantitative estimate of drug-likeness (QED) is 0.612. The first-order valence-electron chi connectivity index (χ1n) is 7.74. The molecule has 0 bridgehead atoms. The zero-order valence-corrected chi connectivity index (χ0v) is 13.8. The number of carbonyl (C=O) groups excluding carboxylic acids is 1. The highest BCUT2D eigenvalue weighted by Crippen LogP contribution is 2.20. The molecule has 0 saturated carbocycles. The molecule has 1 aromatic heterocycles. The molecule has 1 aliphatic rings. The number of nitrogens with zero attached hydrogens (tertiary/aromatic N) is 3. The Bertz CT molecular complexity index is 723. The van der Waals surface area contributed by atoms with Gasteiger partial charge in [-0.15, -0.1) is 11.3 Å². The molecule has 0 unspecified atom stereocenters. The zero-order valence-electron chi connectivity index (χ0n) is 13.0. The van der Waals surface area contributed by atoms with E-state index in [4.69, 9.17) is 4.74 Å². The SMILES string of the molecule is O=C(c1csc(COc2ccc([N+](=O)[O-])cc2)n1)N1CCCCC1. The number of nitro benzene ring substituents is 1. The molecule has 2 heterocycles. The van der Waals surface area contributed by atoms with Crippen molar-refractivity contribution < 1.29 is 14.5 Å². The highest BCUT2D eigenvalue weighted by atomic mass is 32.1. The maximum absolute atomic E-state index is 12.4. The Balaban J connectivity index is 1.57. The Hall–Kier alpha value is -2.48. The van der Waals surface area contributed by atoms with E-state index < -0.39 is 4.92 Å². The lowest BCUT2D eigenvalue weighted by molar-refractivity contribution is -0.384. The summed E-state index contributed by atoms with van der Waals surface area (Å²) in [7, 11) is 0. The van der Waals surface area contributed by atoms with Crippen LogP contribution in [-0.4, -0.2) is 33.8 Å². The Kier molecular flexibility index (Phi) is 5.05. The summed E-state index contributed by atoms with van der Waals surface area (Å²) in [6, 6.07) is 5.88. The van der Waals surface area contributed by atoms with E-state index in [0.717, 1.165) is 25.9 Å². The normalized spacial score (nSPS) is 14.4. The fourth-order valence-electron chi connectivity index (χ4n) is 2.54. The van der Waals surface area contributed by atoms with E-state index >= 15 is 0 Å². The van der Waals surface area contributed by atoms with Crippen LogP contribution in [0.4, 0.5) is 5.69 Å². The molecule has 126 valence electrons. The minimum Gasteiger partial charge on any atom is -0.486 e. The molecular formula is C16H17N3O4S. The standard InChI is InChI=1S/C16H17N3O4S/c20-16(18-8-2-1-3-9-18)14-11-24-15(17-14)10-23-13-6-4-12(5-7-13)19(21)22/h4-7,11H,1-3,8-10H2. The fraction of sp³-hybridized carbons (Fsp3) is 0.375. The van der Waals surface area contributed by atoms with Crippen molar-refractivity contribution in [3.63, 3.8) is 0 Å². The number of non-ortho nitro benzene ring substituents is 1. The molecule has 7 nitrogen and oxygen atoms in total. The van der Waals surface area contributed by atoms with Gasteiger partial charge in [0.05, 0.1) is 4.92 Å². The summed E-state index contributed by atoms with van der Waals surface area (Å²) in [6.07, 6.45) is 3.27. The van der Waals surface area contributed by atoms with E-state index in [9.17, 15) is 14.9 Å². The van der Waals surface area contributed by atoms with Crippen LogP contribution in [0.25, 0.3) is 0 Å². The molecule has 0 N–H and O–H groups in total. The molecule has 0 aliphatic carbocycles. The van der Waals surface area contributed by atoms with Crippen molar-refractivity contribution >= 4 is 22.9 Å². The predicted molar refractivity (Wildman–Crippen MR) is 89.3 cm³/mol. The van der Waals surface area contributed by atoms with Gasteiger partial charge in [-0.25, -0.2) is 4.98 Å². The summed E-state index contributed by atoms with van der Waals surface area (Å²) in [5.41, 5.74) is 0.482. The first kappa shape index (κ1) is 16.4. The topological polar surface area (TPSA) is 85.6 Å². The molecule has 1 aromatic carbocycles. The summed E-state index contributed by atoms with van der Waals surface area (Å²) in [4.78, 5) is 28.7. The van der Waals surface area contributed by atoms with E-state index in [1.807, 2.05) is 4.90 Å². The minimum atomic E-state index is -0.455. The summed E-state index contributed by atoms with van der Waals surface area (Å²) in [6.45, 7) is 1.83. The third-order valence-electron chi connectivity index (χ3n) is 3.82. The largest absolute Gasteiger partial charge is 0.486 e. The van der Waals surface area contributed by atoms with Crippen molar-refractivity contribution in [1.82, 2.24) is 9.88 Å². The summed E-state index contributed by atoms with van der Waals surface area (Å²) >= 11 is 1.38. The smallest absolute Gasteiger partial charge is 0.273 e. The Labute approximate surface area is 143 Å². The molecule has 2 aromatic rings. The van der Waals surface area contributed by atoms with Gasteiger partial charge in [0.15, 0.2) is 0 Å². The number of hydrogen-bond donors (Lipinski definition) is 0. The molecule has 3 rings (SSSR count). The monoisotopic (exact) mass is 347 g/mol. The van der Waals surface area contributed by atoms with Crippen LogP contribution >= 0.6 is 11.3 Å². The van der Waals surface area contributed by atoms with Gasteiger partial charge in [0, 0.05) is 30.6 Å². The predicted octanol–water partition coefficient (Wildman–Crippen LogP) is 3.26. The molecule has 1 aliphatic heterocycles. The van der Waals surface area contributed by atoms with Crippen LogP contribution in [0.1, 0.15) is 34.8 Å². The number of likely N-dealkylation sites (tertiary alicyclic amines) is 1. The second-order valence-electron chi connectivity index (χ2n) is 5.52. The summed E-state index contributed by atoms with van der Waals surface area (Å²) < 4.78 is 5.57. The number of amides is 1. The van der Waals surface area contributed by atoms with Gasteiger partial charge in [-0.2, -0.15) is 0 Å². The van der Waals surface area contributed by atoms with Gasteiger partial charge in [0.25, 0.3) is 11.6 Å². The van der Waals surface area contributed by atoms with Crippen LogP contribution in [0.3, 0.4) is 0 Å². The number of carbonyl (C=O) groups is 1. The maximum Gasteiger partial charge on any atom is 0.273 e. The number of aromatic nitrogens is 1. The van der Waals surface area contributed by atoms with Gasteiger partial charge >= 0.3 is 0 Å². The van der Waals surface area contributed by atoms with E-state index in [0.29, 0.717) is 16.5 Å². The van der Waals surface area contributed by atoms with Crippen LogP contribution in [0.15, 0.2) is 29.6 Å². The van der Waals surface area contributed by atoms with Crippen molar-refractivity contribution in [2.24, 2.45) is 0 Å². The van der Waals surface area contributed by atoms with E-state index in [1.54, 1.807) is 17.5 Å². The number of benzene rings is 1. The number of hydrogen-bond acceptors (Lipinski definition) is 6. The first-order chi connectivity index (χ1) is 11.6. The van der Waals surface area contributed by atoms with Crippen LogP contribution in [0, 0.1) is 10.1 Å². The molecule has 1 fully saturated rings. The lowest BCUT2D eigenvalue weighted by Gasteiger charge is -2.25. The van der Waals surface area contributed by atoms with E-state index in [-0.39, 0.29) is 18.2 Å². The van der Waals surface area contributed by atoms with Gasteiger partial charge in [-0.3, -0.25) is 14.9 Å². The van der Waals surface area contributed by atoms with Crippen LogP contribution in [0.2, 0.25) is 0 Å². The molecule has 1 saturated heterocycles. The fourth-order valence-corrected chi connectivity index (χ4v) is 3.22. The van der Waals surface area contributed by atoms with Crippen LogP contribution in [0.5, 0.6) is 5.75 Å². The highest BCUT2D eigenvalue weighted by Gasteiger charge is 2.20. The number of thiazole rings is 1. The van der Waals surface area contributed by atoms with Crippen LogP contribution < -0.4 is 4.74 Å². The van der Waals surface area contributed by atoms with Gasteiger partial charge in [-0.05, 0) is 31.4 Å². The number of ether oxygens (including phenoxy) is 1. The van der Waals surface area contributed by atoms with Gasteiger partial charge in [-0.1, -0.05) is 0 Å². The molecule has 0 spiro atoms. The van der Waals surface area contributed by atoms with Gasteiger partial charge in [0.2, 0.25) is 0 Å². The number of nitro groups is 1. The molecule has 0 atom stereocenters. The molecule has 8 heteroatoms. The number of piperidine rings is 1. The lowest BCUT2D eigenvalue weighted by atomic mass is 10.1. The molecular weight excluding hydrogens is 330 g/mol. The highest BCUT2D eigenvalue weighted by molar-refractivity contribution is 7.09. The number of rotatable bonds is 5. The molecule has 24 heavy (non-hydrogen) atoms. The van der Waals surface area contributed by atoms with Gasteiger partial charge < -0.3 is 9.64 Å². The Morgan fingerprint density at radius 1 is 1.25 bits per heavy atom. The van der Waals surface area contributed by atoms with Crippen molar-refractivity contribution in [2.45, 2.75) is 25.9 Å². The van der Waals surface area contributed by atoms with Gasteiger partial charge in [0.1, 0.15) is 23.1 Å². The van der Waals surface area contributed by atoms with Crippen molar-refractivity contribution in [2.75, 3.05) is 13.1 Å². The second-order valence-corrected chi connectivity index (χ2v) is 6.46. The average molecular weight is 347 g/mol. The third kappa shape index (κ3) is 3.88. The molecule has 1 amide bonds. The minimum absolute atomic E-state index is 0.0195. The second kappa shape index (κ2) is 7.39. The summed E-state index contributed by atoms with van der Waals surface area (Å²) in [5.74, 6) is 0.507. The lowest BCUT2D eigenvalue weighted by Crippen LogP contribution is -2.35. The maximum atomic E-state index is 12.4. The average Bonchev–Trinajstić information content (AvgIpc) is 3.09. The Morgan fingerprint density at radius 3 is 2.62 bits per heavy atom. The molecule has 0 radical (unpaired) electrons. The van der Waals surface area contributed by atoms with Crippen molar-refractivity contribution in [3.05, 3.63) is 50.5 Å². The first-order valence-corrected chi connectivity index (χ1v) is 8.62.